The summed E-state index contributed by atoms with van der Waals surface area (Å²) >= 11 is 3.01. The molecule has 0 saturated carbocycles. The second kappa shape index (κ2) is 4.18. The van der Waals surface area contributed by atoms with Crippen molar-refractivity contribution in [3.05, 3.63) is 27.4 Å². The molecular weight excluding hydrogens is 240 g/mol. The zero-order valence-corrected chi connectivity index (χ0v) is 8.44. The third-order valence-corrected chi connectivity index (χ3v) is 1.93. The molecule has 0 radical (unpaired) electrons. The van der Waals surface area contributed by atoms with Gasteiger partial charge in [0.15, 0.2) is 0 Å². The standard InChI is InChI=1S/C7H7BrN2O3/c1-13-6(11)3-10-4-9-2-5(8)7(10)12/h2,4H,3H2,1H3. The highest BCUT2D eigenvalue weighted by molar-refractivity contribution is 9.10. The van der Waals surface area contributed by atoms with E-state index in [-0.39, 0.29) is 12.1 Å². The van der Waals surface area contributed by atoms with Gasteiger partial charge in [-0.2, -0.15) is 0 Å². The van der Waals surface area contributed by atoms with Crippen molar-refractivity contribution in [2.75, 3.05) is 7.11 Å². The topological polar surface area (TPSA) is 61.2 Å². The highest BCUT2D eigenvalue weighted by atomic mass is 79.9. The lowest BCUT2D eigenvalue weighted by molar-refractivity contribution is -0.141. The van der Waals surface area contributed by atoms with Crippen molar-refractivity contribution in [1.29, 1.82) is 0 Å². The van der Waals surface area contributed by atoms with E-state index < -0.39 is 5.97 Å². The van der Waals surface area contributed by atoms with Crippen LogP contribution in [0, 0.1) is 0 Å². The van der Waals surface area contributed by atoms with Crippen LogP contribution < -0.4 is 5.56 Å². The van der Waals surface area contributed by atoms with Crippen LogP contribution in [-0.4, -0.2) is 22.6 Å². The second-order valence-corrected chi connectivity index (χ2v) is 3.11. The number of aromatic nitrogens is 2. The van der Waals surface area contributed by atoms with Gasteiger partial charge in [0, 0.05) is 6.20 Å². The molecule has 1 heterocycles. The van der Waals surface area contributed by atoms with Gasteiger partial charge < -0.3 is 4.74 Å². The fraction of sp³-hybridized carbons (Fsp3) is 0.286. The largest absolute Gasteiger partial charge is 0.468 e. The summed E-state index contributed by atoms with van der Waals surface area (Å²) in [6.45, 7) is -0.123. The number of nitrogens with zero attached hydrogens (tertiary/aromatic N) is 2. The third kappa shape index (κ3) is 2.38. The van der Waals surface area contributed by atoms with Gasteiger partial charge in [0.05, 0.1) is 13.4 Å². The Balaban J connectivity index is 2.96. The zero-order chi connectivity index (χ0) is 9.84. The predicted octanol–water partition coefficient (Wildman–Crippen LogP) is 0.179. The molecule has 0 atom stereocenters. The first-order valence-corrected chi connectivity index (χ1v) is 4.21. The molecule has 1 aromatic heterocycles. The van der Waals surface area contributed by atoms with E-state index in [1.165, 1.54) is 19.6 Å². The van der Waals surface area contributed by atoms with Crippen molar-refractivity contribution in [2.24, 2.45) is 0 Å². The molecule has 0 aliphatic rings. The van der Waals surface area contributed by atoms with E-state index in [1.54, 1.807) is 0 Å². The van der Waals surface area contributed by atoms with E-state index in [0.29, 0.717) is 4.47 Å². The molecular formula is C7H7BrN2O3. The quantitative estimate of drug-likeness (QED) is 0.699. The van der Waals surface area contributed by atoms with Crippen molar-refractivity contribution in [2.45, 2.75) is 6.54 Å². The van der Waals surface area contributed by atoms with E-state index >= 15 is 0 Å². The van der Waals surface area contributed by atoms with Crippen LogP contribution >= 0.6 is 15.9 Å². The zero-order valence-electron chi connectivity index (χ0n) is 6.86. The van der Waals surface area contributed by atoms with Gasteiger partial charge >= 0.3 is 5.97 Å². The summed E-state index contributed by atoms with van der Waals surface area (Å²) in [4.78, 5) is 25.8. The van der Waals surface area contributed by atoms with Crippen molar-refractivity contribution in [1.82, 2.24) is 9.55 Å². The second-order valence-electron chi connectivity index (χ2n) is 2.25. The Hall–Kier alpha value is -1.17. The number of esters is 1. The molecule has 0 spiro atoms. The number of halogens is 1. The van der Waals surface area contributed by atoms with Crippen molar-refractivity contribution in [3.8, 4) is 0 Å². The predicted molar refractivity (Wildman–Crippen MR) is 48.2 cm³/mol. The maximum atomic E-state index is 11.3. The molecule has 70 valence electrons. The van der Waals surface area contributed by atoms with Crippen LogP contribution in [-0.2, 0) is 16.1 Å². The number of rotatable bonds is 2. The molecule has 0 aromatic carbocycles. The maximum absolute atomic E-state index is 11.3. The molecule has 0 amide bonds. The number of methoxy groups -OCH3 is 1. The molecule has 0 bridgehead atoms. The Morgan fingerprint density at radius 1 is 1.77 bits per heavy atom. The van der Waals surface area contributed by atoms with Crippen molar-refractivity contribution < 1.29 is 9.53 Å². The van der Waals surface area contributed by atoms with Gasteiger partial charge in [-0.3, -0.25) is 14.2 Å². The van der Waals surface area contributed by atoms with Gasteiger partial charge in [0.2, 0.25) is 0 Å². The van der Waals surface area contributed by atoms with E-state index in [2.05, 4.69) is 25.7 Å². The summed E-state index contributed by atoms with van der Waals surface area (Å²) in [5.41, 5.74) is -0.305. The van der Waals surface area contributed by atoms with Gasteiger partial charge in [0.25, 0.3) is 5.56 Å². The summed E-state index contributed by atoms with van der Waals surface area (Å²) in [5.74, 6) is -0.484. The normalized spacial score (nSPS) is 9.69. The number of hydrogen-bond acceptors (Lipinski definition) is 4. The molecule has 0 fully saturated rings. The minimum Gasteiger partial charge on any atom is -0.468 e. The van der Waals surface area contributed by atoms with Crippen LogP contribution in [0.1, 0.15) is 0 Å². The molecule has 1 aromatic rings. The van der Waals surface area contributed by atoms with Gasteiger partial charge in [0.1, 0.15) is 11.0 Å². The summed E-state index contributed by atoms with van der Waals surface area (Å²) in [7, 11) is 1.26. The van der Waals surface area contributed by atoms with Gasteiger partial charge in [-0.15, -0.1) is 0 Å². The minimum atomic E-state index is -0.484. The summed E-state index contributed by atoms with van der Waals surface area (Å²) in [6.07, 6.45) is 2.65. The highest BCUT2D eigenvalue weighted by Gasteiger charge is 2.05. The molecule has 0 N–H and O–H groups in total. The monoisotopic (exact) mass is 246 g/mol. The van der Waals surface area contributed by atoms with Crippen LogP contribution in [0.15, 0.2) is 21.8 Å². The highest BCUT2D eigenvalue weighted by Crippen LogP contribution is 1.97. The third-order valence-electron chi connectivity index (χ3n) is 1.39. The van der Waals surface area contributed by atoms with Crippen molar-refractivity contribution in [3.63, 3.8) is 0 Å². The molecule has 0 aliphatic heterocycles. The van der Waals surface area contributed by atoms with Crippen molar-refractivity contribution >= 4 is 21.9 Å². The van der Waals surface area contributed by atoms with E-state index in [0.717, 1.165) is 4.57 Å². The average molecular weight is 247 g/mol. The Labute approximate surface area is 82.5 Å². The number of ether oxygens (including phenoxy) is 1. The molecule has 6 heteroatoms. The first-order valence-electron chi connectivity index (χ1n) is 3.42. The van der Waals surface area contributed by atoms with Crippen LogP contribution in [0.2, 0.25) is 0 Å². The fourth-order valence-electron chi connectivity index (χ4n) is 0.740. The Bertz CT molecular complexity index is 374. The van der Waals surface area contributed by atoms with Gasteiger partial charge in [-0.1, -0.05) is 0 Å². The Kier molecular flexibility index (Phi) is 3.18. The maximum Gasteiger partial charge on any atom is 0.325 e. The first kappa shape index (κ1) is 9.91. The molecule has 1 rings (SSSR count). The lowest BCUT2D eigenvalue weighted by Gasteiger charge is -2.02. The molecule has 13 heavy (non-hydrogen) atoms. The smallest absolute Gasteiger partial charge is 0.325 e. The lowest BCUT2D eigenvalue weighted by Crippen LogP contribution is -2.25. The van der Waals surface area contributed by atoms with Gasteiger partial charge in [-0.25, -0.2) is 4.98 Å². The molecule has 5 nitrogen and oxygen atoms in total. The Morgan fingerprint density at radius 3 is 3.08 bits per heavy atom. The lowest BCUT2D eigenvalue weighted by atomic mass is 10.6. The summed E-state index contributed by atoms with van der Waals surface area (Å²) < 4.78 is 5.89. The van der Waals surface area contributed by atoms with Crippen LogP contribution in [0.25, 0.3) is 0 Å². The molecule has 0 unspecified atom stereocenters. The van der Waals surface area contributed by atoms with E-state index in [9.17, 15) is 9.59 Å². The number of hydrogen-bond donors (Lipinski definition) is 0. The first-order chi connectivity index (χ1) is 6.15. The number of carbonyl (C=O) groups is 1. The van der Waals surface area contributed by atoms with E-state index in [1.807, 2.05) is 0 Å². The fourth-order valence-corrected chi connectivity index (χ4v) is 1.09. The SMILES string of the molecule is COC(=O)Cn1cncc(Br)c1=O. The van der Waals surface area contributed by atoms with E-state index in [4.69, 9.17) is 0 Å². The van der Waals surface area contributed by atoms with Crippen LogP contribution in [0.4, 0.5) is 0 Å². The molecule has 0 saturated heterocycles. The van der Waals surface area contributed by atoms with Gasteiger partial charge in [-0.05, 0) is 15.9 Å². The van der Waals surface area contributed by atoms with Crippen LogP contribution in [0.5, 0.6) is 0 Å². The minimum absolute atomic E-state index is 0.123. The molecule has 0 aliphatic carbocycles. The average Bonchev–Trinajstić information content (AvgIpc) is 2.13. The van der Waals surface area contributed by atoms with Crippen LogP contribution in [0.3, 0.4) is 0 Å². The summed E-state index contributed by atoms with van der Waals surface area (Å²) in [6, 6.07) is 0. The Morgan fingerprint density at radius 2 is 2.46 bits per heavy atom. The summed E-state index contributed by atoms with van der Waals surface area (Å²) in [5, 5.41) is 0. The number of carbonyl (C=O) groups excluding carboxylic acids is 1.